The highest BCUT2D eigenvalue weighted by Gasteiger charge is 2.26. The molecule has 0 saturated carbocycles. The molecule has 0 spiro atoms. The number of amidine groups is 1. The lowest BCUT2D eigenvalue weighted by atomic mass is 9.98. The van der Waals surface area contributed by atoms with Crippen molar-refractivity contribution in [3.8, 4) is 0 Å². The predicted octanol–water partition coefficient (Wildman–Crippen LogP) is 0.293. The minimum atomic E-state index is -0.533. The van der Waals surface area contributed by atoms with Crippen molar-refractivity contribution in [2.24, 2.45) is 16.8 Å². The van der Waals surface area contributed by atoms with E-state index in [2.05, 4.69) is 10.1 Å². The van der Waals surface area contributed by atoms with E-state index < -0.39 is 4.92 Å². The van der Waals surface area contributed by atoms with Gasteiger partial charge in [-0.2, -0.15) is 0 Å². The van der Waals surface area contributed by atoms with Crippen molar-refractivity contribution in [1.29, 1.82) is 0 Å². The number of aromatic nitrogens is 1. The number of aliphatic hydroxyl groups excluding tert-OH is 1. The number of aliphatic hydroxyl groups is 1. The SMILES string of the molecule is NC(=NO)c1cnc(N2CCC(CO)CC2)c([N+](=O)[O-])c1. The lowest BCUT2D eigenvalue weighted by Gasteiger charge is -2.31. The van der Waals surface area contributed by atoms with Crippen LogP contribution in [-0.2, 0) is 0 Å². The third-order valence-electron chi connectivity index (χ3n) is 3.62. The Kier molecular flexibility index (Phi) is 4.53. The highest BCUT2D eigenvalue weighted by Crippen LogP contribution is 2.30. The average Bonchev–Trinajstić information content (AvgIpc) is 2.53. The van der Waals surface area contributed by atoms with Crippen molar-refractivity contribution < 1.29 is 15.2 Å². The maximum atomic E-state index is 11.2. The summed E-state index contributed by atoms with van der Waals surface area (Å²) >= 11 is 0. The monoisotopic (exact) mass is 295 g/mol. The summed E-state index contributed by atoms with van der Waals surface area (Å²) in [7, 11) is 0. The minimum absolute atomic E-state index is 0.131. The summed E-state index contributed by atoms with van der Waals surface area (Å²) in [5.41, 5.74) is 5.44. The first-order chi connectivity index (χ1) is 10.1. The average molecular weight is 295 g/mol. The predicted molar refractivity (Wildman–Crippen MR) is 75.4 cm³/mol. The molecule has 0 aromatic carbocycles. The number of nitrogens with two attached hydrogens (primary N) is 1. The molecular weight excluding hydrogens is 278 g/mol. The van der Waals surface area contributed by atoms with Crippen LogP contribution in [-0.4, -0.2) is 45.8 Å². The maximum absolute atomic E-state index is 11.2. The summed E-state index contributed by atoms with van der Waals surface area (Å²) in [5, 5.41) is 31.8. The van der Waals surface area contributed by atoms with Crippen LogP contribution in [0.25, 0.3) is 0 Å². The Morgan fingerprint density at radius 2 is 2.24 bits per heavy atom. The first kappa shape index (κ1) is 15.0. The maximum Gasteiger partial charge on any atom is 0.312 e. The fourth-order valence-corrected chi connectivity index (χ4v) is 2.35. The molecule has 1 aromatic rings. The molecule has 1 aliphatic rings. The van der Waals surface area contributed by atoms with E-state index in [1.54, 1.807) is 0 Å². The minimum Gasteiger partial charge on any atom is -0.409 e. The topological polar surface area (TPSA) is 138 Å². The van der Waals surface area contributed by atoms with Crippen molar-refractivity contribution in [1.82, 2.24) is 4.98 Å². The van der Waals surface area contributed by atoms with Crippen molar-refractivity contribution in [3.63, 3.8) is 0 Å². The zero-order valence-electron chi connectivity index (χ0n) is 11.3. The van der Waals surface area contributed by atoms with Crippen LogP contribution in [0.3, 0.4) is 0 Å². The van der Waals surface area contributed by atoms with Crippen LogP contribution < -0.4 is 10.6 Å². The van der Waals surface area contributed by atoms with Crippen molar-refractivity contribution in [2.45, 2.75) is 12.8 Å². The smallest absolute Gasteiger partial charge is 0.312 e. The van der Waals surface area contributed by atoms with E-state index in [-0.39, 0.29) is 35.4 Å². The molecule has 1 aliphatic heterocycles. The second-order valence-electron chi connectivity index (χ2n) is 4.92. The van der Waals surface area contributed by atoms with E-state index in [9.17, 15) is 10.1 Å². The molecule has 2 rings (SSSR count). The second-order valence-corrected chi connectivity index (χ2v) is 4.92. The van der Waals surface area contributed by atoms with Gasteiger partial charge in [-0.05, 0) is 18.8 Å². The number of piperidine rings is 1. The van der Waals surface area contributed by atoms with Crippen molar-refractivity contribution >= 4 is 17.3 Å². The van der Waals surface area contributed by atoms with Gasteiger partial charge >= 0.3 is 5.69 Å². The number of hydrogen-bond acceptors (Lipinski definition) is 7. The molecule has 2 heterocycles. The van der Waals surface area contributed by atoms with Gasteiger partial charge in [-0.25, -0.2) is 4.98 Å². The molecule has 0 atom stereocenters. The van der Waals surface area contributed by atoms with Gasteiger partial charge in [0.1, 0.15) is 0 Å². The Balaban J connectivity index is 2.29. The first-order valence-corrected chi connectivity index (χ1v) is 6.55. The van der Waals surface area contributed by atoms with E-state index in [0.29, 0.717) is 13.1 Å². The summed E-state index contributed by atoms with van der Waals surface area (Å²) in [6, 6.07) is 1.25. The number of pyridine rings is 1. The quantitative estimate of drug-likeness (QED) is 0.238. The standard InChI is InChI=1S/C12H17N5O4/c13-11(15-19)9-5-10(17(20)21)12(14-6-9)16-3-1-8(7-18)2-4-16/h5-6,8,18-19H,1-4,7H2,(H2,13,15). The number of nitrogens with zero attached hydrogens (tertiary/aromatic N) is 4. The van der Waals surface area contributed by atoms with Crippen LogP contribution in [0.15, 0.2) is 17.4 Å². The summed E-state index contributed by atoms with van der Waals surface area (Å²) in [6.45, 7) is 1.33. The van der Waals surface area contributed by atoms with Gasteiger partial charge in [0.05, 0.1) is 4.92 Å². The number of anilines is 1. The Morgan fingerprint density at radius 3 is 2.76 bits per heavy atom. The zero-order valence-corrected chi connectivity index (χ0v) is 11.3. The van der Waals surface area contributed by atoms with Gasteiger partial charge in [-0.3, -0.25) is 10.1 Å². The number of rotatable bonds is 4. The van der Waals surface area contributed by atoms with Crippen LogP contribution in [0.5, 0.6) is 0 Å². The van der Waals surface area contributed by atoms with Gasteiger partial charge in [-0.15, -0.1) is 0 Å². The molecule has 0 bridgehead atoms. The Labute approximate surface area is 120 Å². The number of nitro groups is 1. The van der Waals surface area contributed by atoms with Crippen LogP contribution in [0, 0.1) is 16.0 Å². The summed E-state index contributed by atoms with van der Waals surface area (Å²) in [4.78, 5) is 16.6. The molecule has 9 nitrogen and oxygen atoms in total. The van der Waals surface area contributed by atoms with Crippen molar-refractivity contribution in [3.05, 3.63) is 27.9 Å². The van der Waals surface area contributed by atoms with Gasteiger partial charge in [-0.1, -0.05) is 5.16 Å². The van der Waals surface area contributed by atoms with Crippen molar-refractivity contribution in [2.75, 3.05) is 24.6 Å². The molecule has 0 radical (unpaired) electrons. The number of oxime groups is 1. The van der Waals surface area contributed by atoms with Gasteiger partial charge in [0, 0.05) is 37.5 Å². The molecule has 0 aliphatic carbocycles. The highest BCUT2D eigenvalue weighted by atomic mass is 16.6. The molecular formula is C12H17N5O4. The van der Waals surface area contributed by atoms with E-state index >= 15 is 0 Å². The third-order valence-corrected chi connectivity index (χ3v) is 3.62. The number of hydrogen-bond donors (Lipinski definition) is 3. The van der Waals surface area contributed by atoms with E-state index in [4.69, 9.17) is 16.0 Å². The molecule has 4 N–H and O–H groups in total. The zero-order chi connectivity index (χ0) is 15.4. The molecule has 1 aromatic heterocycles. The molecule has 0 amide bonds. The largest absolute Gasteiger partial charge is 0.409 e. The van der Waals surface area contributed by atoms with Crippen LogP contribution in [0.1, 0.15) is 18.4 Å². The lowest BCUT2D eigenvalue weighted by Crippen LogP contribution is -2.35. The molecule has 1 saturated heterocycles. The van der Waals surface area contributed by atoms with Gasteiger partial charge in [0.2, 0.25) is 5.82 Å². The lowest BCUT2D eigenvalue weighted by molar-refractivity contribution is -0.384. The molecule has 1 fully saturated rings. The van der Waals surface area contributed by atoms with Crippen LogP contribution >= 0.6 is 0 Å². The van der Waals surface area contributed by atoms with Crippen LogP contribution in [0.4, 0.5) is 11.5 Å². The van der Waals surface area contributed by atoms with E-state index in [1.165, 1.54) is 12.3 Å². The summed E-state index contributed by atoms with van der Waals surface area (Å²) < 4.78 is 0. The Hall–Kier alpha value is -2.42. The Bertz CT molecular complexity index is 555. The van der Waals surface area contributed by atoms with Gasteiger partial charge in [0.25, 0.3) is 0 Å². The Morgan fingerprint density at radius 1 is 1.57 bits per heavy atom. The fraction of sp³-hybridized carbons (Fsp3) is 0.500. The molecule has 9 heteroatoms. The van der Waals surface area contributed by atoms with E-state index in [0.717, 1.165) is 12.8 Å². The highest BCUT2D eigenvalue weighted by molar-refractivity contribution is 5.97. The molecule has 21 heavy (non-hydrogen) atoms. The molecule has 0 unspecified atom stereocenters. The first-order valence-electron chi connectivity index (χ1n) is 6.55. The third kappa shape index (κ3) is 3.19. The summed E-state index contributed by atoms with van der Waals surface area (Å²) in [5.74, 6) is 0.277. The second kappa shape index (κ2) is 6.35. The van der Waals surface area contributed by atoms with Gasteiger partial charge in [0.15, 0.2) is 5.84 Å². The fourth-order valence-electron chi connectivity index (χ4n) is 2.35. The normalized spacial score (nSPS) is 17.0. The molecule has 114 valence electrons. The summed E-state index contributed by atoms with van der Waals surface area (Å²) in [6.07, 6.45) is 2.87. The van der Waals surface area contributed by atoms with E-state index in [1.807, 2.05) is 4.90 Å². The van der Waals surface area contributed by atoms with Crippen LogP contribution in [0.2, 0.25) is 0 Å². The van der Waals surface area contributed by atoms with Gasteiger partial charge < -0.3 is 20.9 Å².